The molecule has 0 unspecified atom stereocenters. The van der Waals surface area contributed by atoms with E-state index in [0.29, 0.717) is 0 Å². The largest absolute Gasteiger partial charge is 0.387 e. The standard InChI is InChI=1S/C20H30N4O/c1-16-11-17(2)24(21-16)19-8-5-7-18(12-19)13-23-10-6-9-20(25,15-23)14-22(3)4/h5,7-8,11-12,25H,6,9-10,13-15H2,1-4H3/t20-/m0/s1. The number of aryl methyl sites for hydroxylation is 2. The van der Waals surface area contributed by atoms with Gasteiger partial charge in [-0.15, -0.1) is 0 Å². The van der Waals surface area contributed by atoms with Crippen LogP contribution in [0.5, 0.6) is 0 Å². The molecule has 136 valence electrons. The van der Waals surface area contributed by atoms with Gasteiger partial charge in [0.25, 0.3) is 0 Å². The summed E-state index contributed by atoms with van der Waals surface area (Å²) in [7, 11) is 4.05. The lowest BCUT2D eigenvalue weighted by atomic mass is 9.92. The van der Waals surface area contributed by atoms with E-state index in [1.165, 1.54) is 5.56 Å². The van der Waals surface area contributed by atoms with Gasteiger partial charge in [-0.3, -0.25) is 4.90 Å². The van der Waals surface area contributed by atoms with Crippen molar-refractivity contribution in [2.45, 2.75) is 38.8 Å². The monoisotopic (exact) mass is 342 g/mol. The number of likely N-dealkylation sites (N-methyl/N-ethyl adjacent to an activating group) is 1. The highest BCUT2D eigenvalue weighted by molar-refractivity contribution is 5.37. The number of rotatable bonds is 5. The molecule has 1 aliphatic rings. The molecule has 25 heavy (non-hydrogen) atoms. The fourth-order valence-corrected chi connectivity index (χ4v) is 3.99. The lowest BCUT2D eigenvalue weighted by molar-refractivity contribution is -0.0479. The average Bonchev–Trinajstić information content (AvgIpc) is 2.85. The molecule has 0 aliphatic carbocycles. The van der Waals surface area contributed by atoms with Crippen LogP contribution in [0.15, 0.2) is 30.3 Å². The SMILES string of the molecule is Cc1cc(C)n(-c2cccc(CN3CCC[C@](O)(CN(C)C)C3)c2)n1. The average molecular weight is 342 g/mol. The number of benzene rings is 1. The number of piperidine rings is 1. The zero-order chi connectivity index (χ0) is 18.0. The molecule has 2 aromatic rings. The first-order valence-corrected chi connectivity index (χ1v) is 9.07. The molecule has 0 spiro atoms. The van der Waals surface area contributed by atoms with E-state index in [4.69, 9.17) is 0 Å². The van der Waals surface area contributed by atoms with E-state index in [2.05, 4.69) is 52.2 Å². The van der Waals surface area contributed by atoms with Crippen molar-refractivity contribution >= 4 is 0 Å². The maximum Gasteiger partial charge on any atom is 0.0900 e. The lowest BCUT2D eigenvalue weighted by Crippen LogP contribution is -2.52. The number of aliphatic hydroxyl groups is 1. The van der Waals surface area contributed by atoms with E-state index < -0.39 is 5.60 Å². The van der Waals surface area contributed by atoms with E-state index in [1.54, 1.807) is 0 Å². The Morgan fingerprint density at radius 3 is 2.72 bits per heavy atom. The summed E-state index contributed by atoms with van der Waals surface area (Å²) in [5, 5.41) is 15.4. The predicted molar refractivity (Wildman–Crippen MR) is 101 cm³/mol. The van der Waals surface area contributed by atoms with Gasteiger partial charge in [0.2, 0.25) is 0 Å². The number of aromatic nitrogens is 2. The fraction of sp³-hybridized carbons (Fsp3) is 0.550. The molecule has 0 radical (unpaired) electrons. The van der Waals surface area contributed by atoms with Gasteiger partial charge in [0.15, 0.2) is 0 Å². The van der Waals surface area contributed by atoms with Crippen LogP contribution < -0.4 is 0 Å². The second-order valence-corrected chi connectivity index (χ2v) is 7.79. The van der Waals surface area contributed by atoms with Crippen LogP contribution in [-0.2, 0) is 6.54 Å². The Hall–Kier alpha value is -1.69. The summed E-state index contributed by atoms with van der Waals surface area (Å²) in [5.74, 6) is 0. The molecular weight excluding hydrogens is 312 g/mol. The third-order valence-electron chi connectivity index (χ3n) is 4.82. The zero-order valence-corrected chi connectivity index (χ0v) is 15.9. The number of nitrogens with zero attached hydrogens (tertiary/aromatic N) is 4. The Morgan fingerprint density at radius 2 is 2.04 bits per heavy atom. The van der Waals surface area contributed by atoms with Crippen molar-refractivity contribution in [3.05, 3.63) is 47.3 Å². The van der Waals surface area contributed by atoms with Gasteiger partial charge in [-0.05, 0) is 71.1 Å². The molecule has 1 saturated heterocycles. The Balaban J connectivity index is 1.73. The van der Waals surface area contributed by atoms with E-state index in [-0.39, 0.29) is 0 Å². The smallest absolute Gasteiger partial charge is 0.0900 e. The Labute approximate surface area is 150 Å². The molecule has 1 fully saturated rings. The summed E-state index contributed by atoms with van der Waals surface area (Å²) >= 11 is 0. The minimum absolute atomic E-state index is 0.602. The first kappa shape index (κ1) is 18.1. The van der Waals surface area contributed by atoms with Crippen molar-refractivity contribution < 1.29 is 5.11 Å². The molecule has 1 N–H and O–H groups in total. The number of β-amino-alcohol motifs (C(OH)–C–C–N with tert-alkyl or cyclic N) is 1. The van der Waals surface area contributed by atoms with Gasteiger partial charge < -0.3 is 10.0 Å². The second-order valence-electron chi connectivity index (χ2n) is 7.79. The van der Waals surface area contributed by atoms with Crippen molar-refractivity contribution in [2.75, 3.05) is 33.7 Å². The zero-order valence-electron chi connectivity index (χ0n) is 15.9. The van der Waals surface area contributed by atoms with Crippen molar-refractivity contribution in [2.24, 2.45) is 0 Å². The molecule has 1 aromatic heterocycles. The second kappa shape index (κ2) is 7.28. The van der Waals surface area contributed by atoms with Crippen LogP contribution in [0.3, 0.4) is 0 Å². The van der Waals surface area contributed by atoms with Crippen LogP contribution in [-0.4, -0.2) is 64.0 Å². The van der Waals surface area contributed by atoms with Crippen LogP contribution in [0.4, 0.5) is 0 Å². The summed E-state index contributed by atoms with van der Waals surface area (Å²) in [4.78, 5) is 4.44. The van der Waals surface area contributed by atoms with E-state index in [0.717, 1.165) is 56.1 Å². The molecule has 0 saturated carbocycles. The van der Waals surface area contributed by atoms with Gasteiger partial charge in [0.1, 0.15) is 0 Å². The van der Waals surface area contributed by atoms with Crippen LogP contribution in [0.2, 0.25) is 0 Å². The van der Waals surface area contributed by atoms with Gasteiger partial charge >= 0.3 is 0 Å². The van der Waals surface area contributed by atoms with E-state index in [9.17, 15) is 5.11 Å². The van der Waals surface area contributed by atoms with Crippen LogP contribution in [0, 0.1) is 13.8 Å². The molecule has 1 aromatic carbocycles. The third-order valence-corrected chi connectivity index (χ3v) is 4.82. The molecule has 0 bridgehead atoms. The highest BCUT2D eigenvalue weighted by Gasteiger charge is 2.33. The lowest BCUT2D eigenvalue weighted by Gasteiger charge is -2.40. The summed E-state index contributed by atoms with van der Waals surface area (Å²) in [6.45, 7) is 7.46. The molecule has 1 aliphatic heterocycles. The fourth-order valence-electron chi connectivity index (χ4n) is 3.99. The first-order chi connectivity index (χ1) is 11.8. The molecular formula is C20H30N4O. The summed E-state index contributed by atoms with van der Waals surface area (Å²) in [6.07, 6.45) is 1.93. The van der Waals surface area contributed by atoms with Crippen LogP contribution >= 0.6 is 0 Å². The molecule has 1 atom stereocenters. The highest BCUT2D eigenvalue weighted by Crippen LogP contribution is 2.24. The van der Waals surface area contributed by atoms with Gasteiger partial charge in [0.05, 0.1) is 17.0 Å². The summed E-state index contributed by atoms with van der Waals surface area (Å²) in [6, 6.07) is 10.7. The molecule has 0 amide bonds. The van der Waals surface area contributed by atoms with Crippen LogP contribution in [0.1, 0.15) is 29.8 Å². The van der Waals surface area contributed by atoms with Crippen molar-refractivity contribution in [3.63, 3.8) is 0 Å². The van der Waals surface area contributed by atoms with Gasteiger partial charge in [-0.25, -0.2) is 4.68 Å². The molecule has 2 heterocycles. The first-order valence-electron chi connectivity index (χ1n) is 9.07. The Bertz CT molecular complexity index is 724. The topological polar surface area (TPSA) is 44.5 Å². The van der Waals surface area contributed by atoms with E-state index in [1.807, 2.05) is 25.7 Å². The molecule has 5 heteroatoms. The third kappa shape index (κ3) is 4.48. The number of likely N-dealkylation sites (tertiary alicyclic amines) is 1. The van der Waals surface area contributed by atoms with Crippen molar-refractivity contribution in [1.82, 2.24) is 19.6 Å². The maximum atomic E-state index is 10.9. The quantitative estimate of drug-likeness (QED) is 0.906. The van der Waals surface area contributed by atoms with Gasteiger partial charge in [0, 0.05) is 25.3 Å². The Morgan fingerprint density at radius 1 is 1.24 bits per heavy atom. The predicted octanol–water partition coefficient (Wildman–Crippen LogP) is 2.38. The summed E-state index contributed by atoms with van der Waals surface area (Å²) in [5.41, 5.74) is 3.94. The maximum absolute atomic E-state index is 10.9. The van der Waals surface area contributed by atoms with E-state index >= 15 is 0 Å². The van der Waals surface area contributed by atoms with Crippen molar-refractivity contribution in [1.29, 1.82) is 0 Å². The number of hydrogen-bond donors (Lipinski definition) is 1. The molecule has 5 nitrogen and oxygen atoms in total. The normalized spacial score (nSPS) is 21.8. The summed E-state index contributed by atoms with van der Waals surface area (Å²) < 4.78 is 2.00. The minimum Gasteiger partial charge on any atom is -0.387 e. The van der Waals surface area contributed by atoms with Gasteiger partial charge in [-0.1, -0.05) is 12.1 Å². The van der Waals surface area contributed by atoms with Gasteiger partial charge in [-0.2, -0.15) is 5.10 Å². The molecule has 3 rings (SSSR count). The highest BCUT2D eigenvalue weighted by atomic mass is 16.3. The van der Waals surface area contributed by atoms with Crippen molar-refractivity contribution in [3.8, 4) is 5.69 Å². The minimum atomic E-state index is -0.602. The number of hydrogen-bond acceptors (Lipinski definition) is 4. The van der Waals surface area contributed by atoms with Crippen LogP contribution in [0.25, 0.3) is 5.69 Å². The Kier molecular flexibility index (Phi) is 5.27.